The van der Waals surface area contributed by atoms with Crippen LogP contribution in [-0.2, 0) is 0 Å². The summed E-state index contributed by atoms with van der Waals surface area (Å²) in [6, 6.07) is 6.01. The minimum Gasteiger partial charge on any atom is -0.369 e. The number of rotatable bonds is 2. The molecule has 0 spiro atoms. The van der Waals surface area contributed by atoms with Gasteiger partial charge in [0, 0.05) is 31.9 Å². The number of anilines is 1. The molecule has 1 fully saturated rings. The van der Waals surface area contributed by atoms with E-state index in [1.54, 1.807) is 12.1 Å². The second kappa shape index (κ2) is 5.14. The summed E-state index contributed by atoms with van der Waals surface area (Å²) in [5.74, 6) is -0.311. The zero-order valence-corrected chi connectivity index (χ0v) is 9.75. The molecule has 0 aromatic heterocycles. The van der Waals surface area contributed by atoms with Gasteiger partial charge in [-0.2, -0.15) is 13.2 Å². The molecule has 0 saturated carbocycles. The Morgan fingerprint density at radius 2 is 1.50 bits per heavy atom. The smallest absolute Gasteiger partial charge is 0.369 e. The molecule has 0 aliphatic carbocycles. The Morgan fingerprint density at radius 1 is 0.944 bits per heavy atom. The van der Waals surface area contributed by atoms with Crippen molar-refractivity contribution in [2.24, 2.45) is 0 Å². The van der Waals surface area contributed by atoms with Gasteiger partial charge in [-0.3, -0.25) is 4.90 Å². The highest BCUT2D eigenvalue weighted by Gasteiger charge is 2.32. The molecule has 0 bridgehead atoms. The number of alkyl halides is 3. The van der Waals surface area contributed by atoms with Crippen LogP contribution in [0.1, 0.15) is 0 Å². The Bertz CT molecular complexity index is 380. The van der Waals surface area contributed by atoms with E-state index in [2.05, 4.69) is 0 Å². The fourth-order valence-electron chi connectivity index (χ4n) is 2.07. The summed E-state index contributed by atoms with van der Waals surface area (Å²) in [7, 11) is 0. The van der Waals surface area contributed by atoms with Crippen LogP contribution < -0.4 is 4.90 Å². The molecule has 2 rings (SSSR count). The topological polar surface area (TPSA) is 6.48 Å². The molecule has 1 aliphatic heterocycles. The first-order chi connectivity index (χ1) is 8.44. The van der Waals surface area contributed by atoms with E-state index >= 15 is 0 Å². The van der Waals surface area contributed by atoms with Gasteiger partial charge in [0.25, 0.3) is 0 Å². The van der Waals surface area contributed by atoms with Crippen LogP contribution in [0.4, 0.5) is 23.2 Å². The molecule has 2 nitrogen and oxygen atoms in total. The Morgan fingerprint density at radius 3 is 2.00 bits per heavy atom. The lowest BCUT2D eigenvalue weighted by atomic mass is 10.2. The van der Waals surface area contributed by atoms with Gasteiger partial charge in [0.2, 0.25) is 0 Å². The second-order valence-electron chi connectivity index (χ2n) is 4.35. The molecule has 18 heavy (non-hydrogen) atoms. The average Bonchev–Trinajstić information content (AvgIpc) is 2.29. The van der Waals surface area contributed by atoms with Crippen molar-refractivity contribution < 1.29 is 17.6 Å². The molecule has 1 saturated heterocycles. The number of halogens is 4. The first kappa shape index (κ1) is 13.1. The summed E-state index contributed by atoms with van der Waals surface area (Å²) < 4.78 is 49.4. The molecule has 0 radical (unpaired) electrons. The lowest BCUT2D eigenvalue weighted by Crippen LogP contribution is -2.49. The molecular formula is C12H14F4N2. The molecule has 0 unspecified atom stereocenters. The predicted molar refractivity (Wildman–Crippen MR) is 61.1 cm³/mol. The van der Waals surface area contributed by atoms with Crippen molar-refractivity contribution in [1.29, 1.82) is 0 Å². The van der Waals surface area contributed by atoms with E-state index in [9.17, 15) is 17.6 Å². The van der Waals surface area contributed by atoms with Gasteiger partial charge in [-0.05, 0) is 24.3 Å². The molecular weight excluding hydrogens is 248 g/mol. The molecule has 0 amide bonds. The lowest BCUT2D eigenvalue weighted by molar-refractivity contribution is -0.146. The van der Waals surface area contributed by atoms with Gasteiger partial charge in [-0.25, -0.2) is 4.39 Å². The van der Waals surface area contributed by atoms with E-state index in [0.29, 0.717) is 26.2 Å². The fraction of sp³-hybridized carbons (Fsp3) is 0.500. The maximum atomic E-state index is 12.7. The number of benzene rings is 1. The molecule has 6 heteroatoms. The van der Waals surface area contributed by atoms with Crippen molar-refractivity contribution in [3.63, 3.8) is 0 Å². The van der Waals surface area contributed by atoms with E-state index in [-0.39, 0.29) is 5.82 Å². The quantitative estimate of drug-likeness (QED) is 0.756. The first-order valence-electron chi connectivity index (χ1n) is 5.74. The zero-order chi connectivity index (χ0) is 13.2. The van der Waals surface area contributed by atoms with Crippen LogP contribution in [0, 0.1) is 5.82 Å². The first-order valence-corrected chi connectivity index (χ1v) is 5.74. The van der Waals surface area contributed by atoms with Crippen LogP contribution in [0.2, 0.25) is 0 Å². The SMILES string of the molecule is Fc1ccc(N2CCN(CC(F)(F)F)CC2)cc1. The van der Waals surface area contributed by atoms with Crippen molar-refractivity contribution in [2.75, 3.05) is 37.6 Å². The normalized spacial score (nSPS) is 18.1. The fourth-order valence-corrected chi connectivity index (χ4v) is 2.07. The summed E-state index contributed by atoms with van der Waals surface area (Å²) in [5, 5.41) is 0. The Labute approximate surface area is 103 Å². The van der Waals surface area contributed by atoms with Crippen molar-refractivity contribution in [2.45, 2.75) is 6.18 Å². The highest BCUT2D eigenvalue weighted by molar-refractivity contribution is 5.46. The molecule has 1 aromatic rings. The third kappa shape index (κ3) is 3.60. The van der Waals surface area contributed by atoms with Crippen molar-refractivity contribution in [3.8, 4) is 0 Å². The van der Waals surface area contributed by atoms with E-state index in [4.69, 9.17) is 0 Å². The van der Waals surface area contributed by atoms with Crippen LogP contribution in [0.25, 0.3) is 0 Å². The summed E-state index contributed by atoms with van der Waals surface area (Å²) in [4.78, 5) is 3.35. The van der Waals surface area contributed by atoms with Crippen molar-refractivity contribution in [3.05, 3.63) is 30.1 Å². The highest BCUT2D eigenvalue weighted by atomic mass is 19.4. The predicted octanol–water partition coefficient (Wildman–Crippen LogP) is 2.51. The minimum atomic E-state index is -4.14. The highest BCUT2D eigenvalue weighted by Crippen LogP contribution is 2.20. The number of piperazine rings is 1. The van der Waals surface area contributed by atoms with E-state index < -0.39 is 12.7 Å². The Balaban J connectivity index is 1.88. The van der Waals surface area contributed by atoms with Crippen LogP contribution >= 0.6 is 0 Å². The molecule has 1 aromatic carbocycles. The maximum absolute atomic E-state index is 12.7. The molecule has 0 N–H and O–H groups in total. The molecule has 1 heterocycles. The Hall–Kier alpha value is -1.30. The summed E-state index contributed by atoms with van der Waals surface area (Å²) in [6.45, 7) is 0.946. The summed E-state index contributed by atoms with van der Waals surface area (Å²) in [5.41, 5.74) is 0.850. The van der Waals surface area contributed by atoms with Crippen LogP contribution in [-0.4, -0.2) is 43.8 Å². The van der Waals surface area contributed by atoms with Gasteiger partial charge in [0.05, 0.1) is 6.54 Å². The lowest BCUT2D eigenvalue weighted by Gasteiger charge is -2.36. The van der Waals surface area contributed by atoms with Gasteiger partial charge in [-0.15, -0.1) is 0 Å². The minimum absolute atomic E-state index is 0.311. The van der Waals surface area contributed by atoms with Crippen molar-refractivity contribution >= 4 is 5.69 Å². The van der Waals surface area contributed by atoms with Crippen LogP contribution in [0.15, 0.2) is 24.3 Å². The molecule has 100 valence electrons. The van der Waals surface area contributed by atoms with E-state index in [1.165, 1.54) is 17.0 Å². The standard InChI is InChI=1S/C12H14F4N2/c13-10-1-3-11(4-2-10)18-7-5-17(6-8-18)9-12(14,15)16/h1-4H,5-9H2. The van der Waals surface area contributed by atoms with E-state index in [1.807, 2.05) is 4.90 Å². The van der Waals surface area contributed by atoms with Gasteiger partial charge in [0.15, 0.2) is 0 Å². The largest absolute Gasteiger partial charge is 0.401 e. The maximum Gasteiger partial charge on any atom is 0.401 e. The number of hydrogen-bond donors (Lipinski definition) is 0. The van der Waals surface area contributed by atoms with Crippen LogP contribution in [0.5, 0.6) is 0 Å². The second-order valence-corrected chi connectivity index (χ2v) is 4.35. The van der Waals surface area contributed by atoms with Crippen molar-refractivity contribution in [1.82, 2.24) is 4.90 Å². The number of nitrogens with zero attached hydrogens (tertiary/aromatic N) is 2. The van der Waals surface area contributed by atoms with Gasteiger partial charge >= 0.3 is 6.18 Å². The van der Waals surface area contributed by atoms with Crippen LogP contribution in [0.3, 0.4) is 0 Å². The van der Waals surface area contributed by atoms with Gasteiger partial charge in [-0.1, -0.05) is 0 Å². The number of hydrogen-bond acceptors (Lipinski definition) is 2. The molecule has 1 aliphatic rings. The van der Waals surface area contributed by atoms with Gasteiger partial charge in [0.1, 0.15) is 5.82 Å². The summed E-state index contributed by atoms with van der Waals surface area (Å²) in [6.07, 6.45) is -4.14. The average molecular weight is 262 g/mol. The molecule has 0 atom stereocenters. The Kier molecular flexibility index (Phi) is 3.75. The third-order valence-electron chi connectivity index (χ3n) is 2.97. The zero-order valence-electron chi connectivity index (χ0n) is 9.75. The van der Waals surface area contributed by atoms with E-state index in [0.717, 1.165) is 5.69 Å². The monoisotopic (exact) mass is 262 g/mol. The third-order valence-corrected chi connectivity index (χ3v) is 2.97. The van der Waals surface area contributed by atoms with Gasteiger partial charge < -0.3 is 4.90 Å². The summed E-state index contributed by atoms with van der Waals surface area (Å²) >= 11 is 0.